The summed E-state index contributed by atoms with van der Waals surface area (Å²) in [7, 11) is 0. The predicted molar refractivity (Wildman–Crippen MR) is 107 cm³/mol. The Labute approximate surface area is 160 Å². The third-order valence-corrected chi connectivity index (χ3v) is 5.14. The van der Waals surface area contributed by atoms with Crippen LogP contribution in [0.1, 0.15) is 6.92 Å². The van der Waals surface area contributed by atoms with Crippen LogP contribution in [-0.2, 0) is 4.79 Å². The Morgan fingerprint density at radius 3 is 2.56 bits per heavy atom. The van der Waals surface area contributed by atoms with Crippen molar-refractivity contribution >= 4 is 34.1 Å². The van der Waals surface area contributed by atoms with E-state index < -0.39 is 0 Å². The van der Waals surface area contributed by atoms with Crippen LogP contribution in [0.3, 0.4) is 0 Å². The summed E-state index contributed by atoms with van der Waals surface area (Å²) in [6.07, 6.45) is 0. The first kappa shape index (κ1) is 17.2. The van der Waals surface area contributed by atoms with Crippen LogP contribution in [0.25, 0.3) is 16.5 Å². The number of thioether (sulfide) groups is 1. The molecule has 1 atom stereocenters. The van der Waals surface area contributed by atoms with Gasteiger partial charge in [0.25, 0.3) is 0 Å². The van der Waals surface area contributed by atoms with Gasteiger partial charge < -0.3 is 5.32 Å². The lowest BCUT2D eigenvalue weighted by molar-refractivity contribution is -0.115. The van der Waals surface area contributed by atoms with Crippen LogP contribution in [0.15, 0.2) is 78.0 Å². The van der Waals surface area contributed by atoms with Crippen LogP contribution in [0.2, 0.25) is 0 Å². The SMILES string of the molecule is C[C@H](Sc1nnnn1-c1ccccc1)C(=O)Nc1ccc2ccccc2c1. The van der Waals surface area contributed by atoms with Crippen LogP contribution < -0.4 is 5.32 Å². The Bertz CT molecular complexity index is 1080. The number of carbonyl (C=O) groups is 1. The molecule has 1 aromatic heterocycles. The molecular formula is C20H17N5OS. The number of hydrogen-bond donors (Lipinski definition) is 1. The van der Waals surface area contributed by atoms with E-state index in [1.165, 1.54) is 11.8 Å². The van der Waals surface area contributed by atoms with Crippen LogP contribution in [0, 0.1) is 0 Å². The molecule has 0 spiro atoms. The van der Waals surface area contributed by atoms with Gasteiger partial charge in [-0.25, -0.2) is 0 Å². The zero-order valence-corrected chi connectivity index (χ0v) is 15.4. The molecule has 1 N–H and O–H groups in total. The summed E-state index contributed by atoms with van der Waals surface area (Å²) >= 11 is 1.32. The average Bonchev–Trinajstić information content (AvgIpc) is 3.16. The second-order valence-corrected chi connectivity index (χ2v) is 7.33. The number of fused-ring (bicyclic) bond motifs is 1. The molecule has 4 rings (SSSR count). The lowest BCUT2D eigenvalue weighted by atomic mass is 10.1. The fraction of sp³-hybridized carbons (Fsp3) is 0.100. The van der Waals surface area contributed by atoms with Crippen molar-refractivity contribution in [1.29, 1.82) is 0 Å². The zero-order valence-electron chi connectivity index (χ0n) is 14.6. The standard InChI is InChI=1S/C20H17N5OS/c1-14(27-20-22-23-24-25(20)18-9-3-2-4-10-18)19(26)21-17-12-11-15-7-5-6-8-16(15)13-17/h2-14H,1H3,(H,21,26)/t14-/m0/s1. The first-order valence-corrected chi connectivity index (χ1v) is 9.39. The molecule has 6 nitrogen and oxygen atoms in total. The van der Waals surface area contributed by atoms with E-state index in [9.17, 15) is 4.79 Å². The van der Waals surface area contributed by atoms with E-state index >= 15 is 0 Å². The highest BCUT2D eigenvalue weighted by Crippen LogP contribution is 2.25. The van der Waals surface area contributed by atoms with Crippen LogP contribution in [0.5, 0.6) is 0 Å². The minimum atomic E-state index is -0.357. The molecule has 1 amide bonds. The number of aromatic nitrogens is 4. The van der Waals surface area contributed by atoms with Gasteiger partial charge in [-0.2, -0.15) is 4.68 Å². The van der Waals surface area contributed by atoms with E-state index in [2.05, 4.69) is 20.8 Å². The molecule has 7 heteroatoms. The first-order chi connectivity index (χ1) is 13.2. The highest BCUT2D eigenvalue weighted by Gasteiger charge is 2.19. The minimum Gasteiger partial charge on any atom is -0.325 e. The molecular weight excluding hydrogens is 358 g/mol. The van der Waals surface area contributed by atoms with Crippen molar-refractivity contribution in [2.45, 2.75) is 17.3 Å². The Hall–Kier alpha value is -3.19. The van der Waals surface area contributed by atoms with Gasteiger partial charge in [0.2, 0.25) is 11.1 Å². The summed E-state index contributed by atoms with van der Waals surface area (Å²) in [6, 6.07) is 23.5. The van der Waals surface area contributed by atoms with E-state index in [1.54, 1.807) is 4.68 Å². The van der Waals surface area contributed by atoms with Crippen LogP contribution >= 0.6 is 11.8 Å². The van der Waals surface area contributed by atoms with Crippen LogP contribution in [0.4, 0.5) is 5.69 Å². The van der Waals surface area contributed by atoms with Gasteiger partial charge in [0, 0.05) is 5.69 Å². The molecule has 134 valence electrons. The molecule has 0 radical (unpaired) electrons. The van der Waals surface area contributed by atoms with E-state index in [4.69, 9.17) is 0 Å². The Morgan fingerprint density at radius 1 is 1.00 bits per heavy atom. The molecule has 0 aliphatic rings. The molecule has 3 aromatic carbocycles. The van der Waals surface area contributed by atoms with Crippen molar-refractivity contribution in [2.75, 3.05) is 5.32 Å². The maximum atomic E-state index is 12.6. The third-order valence-electron chi connectivity index (χ3n) is 4.11. The summed E-state index contributed by atoms with van der Waals surface area (Å²) in [4.78, 5) is 12.6. The molecule has 0 aliphatic carbocycles. The Kier molecular flexibility index (Phi) is 4.84. The van der Waals surface area contributed by atoms with Gasteiger partial charge in [-0.1, -0.05) is 60.3 Å². The van der Waals surface area contributed by atoms with E-state index in [0.717, 1.165) is 22.1 Å². The molecule has 0 aliphatic heterocycles. The highest BCUT2D eigenvalue weighted by molar-refractivity contribution is 8.00. The van der Waals surface area contributed by atoms with Crippen molar-refractivity contribution < 1.29 is 4.79 Å². The molecule has 0 saturated heterocycles. The molecule has 1 heterocycles. The third kappa shape index (κ3) is 3.83. The first-order valence-electron chi connectivity index (χ1n) is 8.51. The van der Waals surface area contributed by atoms with Crippen molar-refractivity contribution in [2.24, 2.45) is 0 Å². The Morgan fingerprint density at radius 2 is 1.74 bits per heavy atom. The lowest BCUT2D eigenvalue weighted by Gasteiger charge is -2.12. The van der Waals surface area contributed by atoms with Crippen molar-refractivity contribution in [3.8, 4) is 5.69 Å². The zero-order chi connectivity index (χ0) is 18.6. The van der Waals surface area contributed by atoms with Gasteiger partial charge in [0.15, 0.2) is 0 Å². The normalized spacial score (nSPS) is 12.0. The van der Waals surface area contributed by atoms with Gasteiger partial charge in [0.1, 0.15) is 0 Å². The van der Waals surface area contributed by atoms with Gasteiger partial charge in [0.05, 0.1) is 10.9 Å². The number of carbonyl (C=O) groups excluding carboxylic acids is 1. The number of anilines is 1. The topological polar surface area (TPSA) is 72.7 Å². The summed E-state index contributed by atoms with van der Waals surface area (Å²) in [6.45, 7) is 1.84. The summed E-state index contributed by atoms with van der Waals surface area (Å²) in [5, 5.41) is 17.2. The lowest BCUT2D eigenvalue weighted by Crippen LogP contribution is -2.22. The largest absolute Gasteiger partial charge is 0.325 e. The van der Waals surface area contributed by atoms with Gasteiger partial charge in [-0.05, 0) is 52.4 Å². The summed E-state index contributed by atoms with van der Waals surface area (Å²) in [5.74, 6) is -0.0992. The quantitative estimate of drug-likeness (QED) is 0.535. The molecule has 27 heavy (non-hydrogen) atoms. The van der Waals surface area contributed by atoms with E-state index in [1.807, 2.05) is 79.7 Å². The van der Waals surface area contributed by atoms with Gasteiger partial charge in [-0.15, -0.1) is 5.10 Å². The molecule has 0 bridgehead atoms. The molecule has 0 unspecified atom stereocenters. The van der Waals surface area contributed by atoms with E-state index in [0.29, 0.717) is 5.16 Å². The number of rotatable bonds is 5. The number of hydrogen-bond acceptors (Lipinski definition) is 5. The van der Waals surface area contributed by atoms with Gasteiger partial charge in [-0.3, -0.25) is 4.79 Å². The molecule has 4 aromatic rings. The fourth-order valence-corrected chi connectivity index (χ4v) is 3.51. The Balaban J connectivity index is 1.47. The number of tetrazole rings is 1. The number of benzene rings is 3. The molecule has 0 saturated carbocycles. The fourth-order valence-electron chi connectivity index (χ4n) is 2.71. The number of nitrogens with zero attached hydrogens (tertiary/aromatic N) is 4. The predicted octanol–water partition coefficient (Wildman–Crippen LogP) is 3.93. The van der Waals surface area contributed by atoms with Crippen LogP contribution in [-0.4, -0.2) is 31.4 Å². The van der Waals surface area contributed by atoms with Gasteiger partial charge >= 0.3 is 0 Å². The van der Waals surface area contributed by atoms with Crippen molar-refractivity contribution in [3.63, 3.8) is 0 Å². The number of nitrogens with one attached hydrogen (secondary N) is 1. The molecule has 0 fully saturated rings. The second kappa shape index (κ2) is 7.59. The summed E-state index contributed by atoms with van der Waals surface area (Å²) in [5.41, 5.74) is 1.63. The smallest absolute Gasteiger partial charge is 0.237 e. The monoisotopic (exact) mass is 375 g/mol. The average molecular weight is 375 g/mol. The van der Waals surface area contributed by atoms with E-state index in [-0.39, 0.29) is 11.2 Å². The second-order valence-electron chi connectivity index (χ2n) is 6.02. The highest BCUT2D eigenvalue weighted by atomic mass is 32.2. The number of amides is 1. The summed E-state index contributed by atoms with van der Waals surface area (Å²) < 4.78 is 1.63. The van der Waals surface area contributed by atoms with Crippen molar-refractivity contribution in [1.82, 2.24) is 20.2 Å². The number of para-hydroxylation sites is 1. The van der Waals surface area contributed by atoms with Crippen molar-refractivity contribution in [3.05, 3.63) is 72.8 Å². The maximum absolute atomic E-state index is 12.6. The minimum absolute atomic E-state index is 0.0992. The maximum Gasteiger partial charge on any atom is 0.237 e.